The molecule has 0 saturated carbocycles. The van der Waals surface area contributed by atoms with Crippen LogP contribution >= 0.6 is 0 Å². The maximum absolute atomic E-state index is 12.6. The summed E-state index contributed by atoms with van der Waals surface area (Å²) in [6, 6.07) is 20.5. The minimum atomic E-state index is -0.234. The summed E-state index contributed by atoms with van der Waals surface area (Å²) in [6.45, 7) is 6.44. The van der Waals surface area contributed by atoms with Gasteiger partial charge in [0.15, 0.2) is 0 Å². The molecule has 0 spiro atoms. The molecule has 0 fully saturated rings. The number of aryl methyl sites for hydroxylation is 2. The number of anilines is 1. The Morgan fingerprint density at radius 2 is 1.43 bits per heavy atom. The van der Waals surface area contributed by atoms with E-state index in [1.807, 2.05) is 63.2 Å². The van der Waals surface area contributed by atoms with Gasteiger partial charge in [0.2, 0.25) is 0 Å². The molecule has 142 valence electrons. The Hall–Kier alpha value is -3.40. The smallest absolute Gasteiger partial charge is 0.255 e. The predicted molar refractivity (Wildman–Crippen MR) is 113 cm³/mol. The maximum Gasteiger partial charge on any atom is 0.255 e. The molecule has 0 aliphatic rings. The van der Waals surface area contributed by atoms with Gasteiger partial charge in [-0.05, 0) is 61.7 Å². The number of hydrogen-bond acceptors (Lipinski definition) is 2. The van der Waals surface area contributed by atoms with Crippen molar-refractivity contribution in [3.05, 3.63) is 100 Å². The third-order valence-corrected chi connectivity index (χ3v) is 4.81. The van der Waals surface area contributed by atoms with E-state index in [1.165, 1.54) is 5.56 Å². The van der Waals surface area contributed by atoms with Crippen LogP contribution in [0.1, 0.15) is 43.0 Å². The Labute approximate surface area is 165 Å². The van der Waals surface area contributed by atoms with E-state index in [9.17, 15) is 9.59 Å². The fourth-order valence-corrected chi connectivity index (χ4v) is 2.87. The van der Waals surface area contributed by atoms with Gasteiger partial charge in [-0.2, -0.15) is 0 Å². The molecule has 3 rings (SSSR count). The van der Waals surface area contributed by atoms with Crippen molar-refractivity contribution in [1.29, 1.82) is 0 Å². The number of rotatable bonds is 5. The normalized spacial score (nSPS) is 10.4. The number of carbonyl (C=O) groups is 2. The van der Waals surface area contributed by atoms with Crippen LogP contribution in [0.3, 0.4) is 0 Å². The van der Waals surface area contributed by atoms with Crippen LogP contribution in [0.2, 0.25) is 0 Å². The first-order valence-electron chi connectivity index (χ1n) is 9.25. The molecule has 0 saturated heterocycles. The Balaban J connectivity index is 1.68. The molecule has 28 heavy (non-hydrogen) atoms. The van der Waals surface area contributed by atoms with Gasteiger partial charge in [0.05, 0.1) is 0 Å². The van der Waals surface area contributed by atoms with Crippen molar-refractivity contribution in [1.82, 2.24) is 5.32 Å². The first kappa shape index (κ1) is 19.4. The van der Waals surface area contributed by atoms with Gasteiger partial charge in [-0.25, -0.2) is 0 Å². The number of amides is 2. The summed E-state index contributed by atoms with van der Waals surface area (Å²) in [5, 5.41) is 5.82. The van der Waals surface area contributed by atoms with Crippen molar-refractivity contribution >= 4 is 17.5 Å². The lowest BCUT2D eigenvalue weighted by molar-refractivity contribution is 0.0951. The zero-order chi connectivity index (χ0) is 20.1. The average molecular weight is 372 g/mol. The van der Waals surface area contributed by atoms with Gasteiger partial charge in [-0.1, -0.05) is 48.0 Å². The van der Waals surface area contributed by atoms with Gasteiger partial charge in [0.25, 0.3) is 11.8 Å². The van der Waals surface area contributed by atoms with Gasteiger partial charge >= 0.3 is 0 Å². The van der Waals surface area contributed by atoms with E-state index >= 15 is 0 Å². The van der Waals surface area contributed by atoms with Gasteiger partial charge in [0, 0.05) is 23.4 Å². The topological polar surface area (TPSA) is 58.2 Å². The van der Waals surface area contributed by atoms with Crippen LogP contribution in [0, 0.1) is 20.8 Å². The summed E-state index contributed by atoms with van der Waals surface area (Å²) in [7, 11) is 0. The van der Waals surface area contributed by atoms with Gasteiger partial charge in [-0.15, -0.1) is 0 Å². The van der Waals surface area contributed by atoms with Crippen LogP contribution < -0.4 is 10.6 Å². The van der Waals surface area contributed by atoms with Crippen LogP contribution in [-0.4, -0.2) is 11.8 Å². The Bertz CT molecular complexity index is 1010. The van der Waals surface area contributed by atoms with E-state index in [-0.39, 0.29) is 11.8 Å². The third-order valence-electron chi connectivity index (χ3n) is 4.81. The first-order valence-corrected chi connectivity index (χ1v) is 9.25. The summed E-state index contributed by atoms with van der Waals surface area (Å²) in [4.78, 5) is 25.1. The highest BCUT2D eigenvalue weighted by atomic mass is 16.2. The third kappa shape index (κ3) is 4.65. The van der Waals surface area contributed by atoms with E-state index in [1.54, 1.807) is 24.3 Å². The van der Waals surface area contributed by atoms with Crippen LogP contribution in [-0.2, 0) is 6.54 Å². The molecule has 0 aliphatic heterocycles. The van der Waals surface area contributed by atoms with Gasteiger partial charge < -0.3 is 10.6 Å². The molecule has 3 aromatic carbocycles. The monoisotopic (exact) mass is 372 g/mol. The lowest BCUT2D eigenvalue weighted by atomic mass is 10.1. The molecular formula is C24H24N2O2. The Morgan fingerprint density at radius 1 is 0.786 bits per heavy atom. The molecule has 0 bridgehead atoms. The minimum Gasteiger partial charge on any atom is -0.348 e. The number of hydrogen-bond donors (Lipinski definition) is 2. The molecule has 0 aliphatic carbocycles. The average Bonchev–Trinajstić information content (AvgIpc) is 2.71. The van der Waals surface area contributed by atoms with Crippen molar-refractivity contribution in [3.8, 4) is 0 Å². The molecule has 4 nitrogen and oxygen atoms in total. The molecule has 0 heterocycles. The zero-order valence-corrected chi connectivity index (χ0v) is 16.4. The number of benzene rings is 3. The summed E-state index contributed by atoms with van der Waals surface area (Å²) in [5.41, 5.74) is 6.04. The lowest BCUT2D eigenvalue weighted by Gasteiger charge is -2.11. The van der Waals surface area contributed by atoms with E-state index in [2.05, 4.69) is 10.6 Å². The van der Waals surface area contributed by atoms with E-state index < -0.39 is 0 Å². The van der Waals surface area contributed by atoms with Crippen molar-refractivity contribution in [3.63, 3.8) is 0 Å². The fourth-order valence-electron chi connectivity index (χ4n) is 2.87. The second-order valence-corrected chi connectivity index (χ2v) is 6.95. The van der Waals surface area contributed by atoms with Crippen LogP contribution in [0.25, 0.3) is 0 Å². The molecule has 0 radical (unpaired) electrons. The number of carbonyl (C=O) groups excluding carboxylic acids is 2. The summed E-state index contributed by atoms with van der Waals surface area (Å²) in [6.07, 6.45) is 0. The van der Waals surface area contributed by atoms with E-state index in [0.29, 0.717) is 17.7 Å². The van der Waals surface area contributed by atoms with Crippen molar-refractivity contribution < 1.29 is 9.59 Å². The van der Waals surface area contributed by atoms with Crippen molar-refractivity contribution in [2.45, 2.75) is 27.3 Å². The second-order valence-electron chi connectivity index (χ2n) is 6.95. The summed E-state index contributed by atoms with van der Waals surface area (Å²) < 4.78 is 0. The summed E-state index contributed by atoms with van der Waals surface area (Å²) >= 11 is 0. The molecular weight excluding hydrogens is 348 g/mol. The molecule has 3 aromatic rings. The van der Waals surface area contributed by atoms with Crippen LogP contribution in [0.15, 0.2) is 66.7 Å². The SMILES string of the molecule is Cc1ccc(CNC(=O)c2cccc(C(=O)Nc3cccc(C)c3C)c2)cc1. The zero-order valence-electron chi connectivity index (χ0n) is 16.4. The van der Waals surface area contributed by atoms with Gasteiger partial charge in [-0.3, -0.25) is 9.59 Å². The molecule has 0 aromatic heterocycles. The Morgan fingerprint density at radius 3 is 2.14 bits per heavy atom. The lowest BCUT2D eigenvalue weighted by Crippen LogP contribution is -2.23. The first-order chi connectivity index (χ1) is 13.4. The molecule has 2 N–H and O–H groups in total. The number of nitrogens with one attached hydrogen (secondary N) is 2. The molecule has 0 unspecified atom stereocenters. The van der Waals surface area contributed by atoms with Gasteiger partial charge in [0.1, 0.15) is 0 Å². The van der Waals surface area contributed by atoms with Crippen LogP contribution in [0.4, 0.5) is 5.69 Å². The standard InChI is InChI=1S/C24H24N2O2/c1-16-10-12-19(13-11-16)15-25-23(27)20-7-5-8-21(14-20)24(28)26-22-9-4-6-17(2)18(22)3/h4-14H,15H2,1-3H3,(H,25,27)(H,26,28). The highest BCUT2D eigenvalue weighted by Gasteiger charge is 2.12. The van der Waals surface area contributed by atoms with Crippen molar-refractivity contribution in [2.75, 3.05) is 5.32 Å². The molecule has 4 heteroatoms. The highest BCUT2D eigenvalue weighted by molar-refractivity contribution is 6.06. The fraction of sp³-hybridized carbons (Fsp3) is 0.167. The van der Waals surface area contributed by atoms with Crippen LogP contribution in [0.5, 0.6) is 0 Å². The van der Waals surface area contributed by atoms with E-state index in [4.69, 9.17) is 0 Å². The van der Waals surface area contributed by atoms with E-state index in [0.717, 1.165) is 22.4 Å². The van der Waals surface area contributed by atoms with Crippen molar-refractivity contribution in [2.24, 2.45) is 0 Å². The highest BCUT2D eigenvalue weighted by Crippen LogP contribution is 2.19. The molecule has 0 atom stereocenters. The minimum absolute atomic E-state index is 0.207. The molecule has 2 amide bonds. The summed E-state index contributed by atoms with van der Waals surface area (Å²) in [5.74, 6) is -0.441. The second kappa shape index (κ2) is 8.53. The predicted octanol–water partition coefficient (Wildman–Crippen LogP) is 4.79. The quantitative estimate of drug-likeness (QED) is 0.676. The Kier molecular flexibility index (Phi) is 5.90. The largest absolute Gasteiger partial charge is 0.348 e. The maximum atomic E-state index is 12.6.